The van der Waals surface area contributed by atoms with Crippen LogP contribution in [0, 0.1) is 0 Å². The topological polar surface area (TPSA) is 111 Å². The number of fused-ring (bicyclic) bond motifs is 1. The van der Waals surface area contributed by atoms with Crippen LogP contribution in [0.25, 0.3) is 16.8 Å². The van der Waals surface area contributed by atoms with Crippen LogP contribution < -0.4 is 21.1 Å². The van der Waals surface area contributed by atoms with Crippen LogP contribution in [0.5, 0.6) is 5.75 Å². The zero-order valence-electron chi connectivity index (χ0n) is 17.8. The summed E-state index contributed by atoms with van der Waals surface area (Å²) in [5, 5.41) is 20.1. The summed E-state index contributed by atoms with van der Waals surface area (Å²) in [6, 6.07) is 8.79. The molecular weight excluding hydrogens is 392 g/mol. The molecule has 0 fully saturated rings. The molecule has 0 saturated carbocycles. The maximum atomic E-state index is 12.7. The summed E-state index contributed by atoms with van der Waals surface area (Å²) < 4.78 is 1.71. The van der Waals surface area contributed by atoms with E-state index in [0.29, 0.717) is 17.2 Å². The van der Waals surface area contributed by atoms with E-state index in [0.717, 1.165) is 35.6 Å². The lowest BCUT2D eigenvalue weighted by molar-refractivity contribution is -0.267. The fourth-order valence-corrected chi connectivity index (χ4v) is 3.32. The van der Waals surface area contributed by atoms with Gasteiger partial charge in [0.1, 0.15) is 5.82 Å². The zero-order chi connectivity index (χ0) is 22.0. The van der Waals surface area contributed by atoms with E-state index in [-0.39, 0.29) is 5.75 Å². The summed E-state index contributed by atoms with van der Waals surface area (Å²) >= 11 is 0. The van der Waals surface area contributed by atoms with E-state index in [4.69, 9.17) is 5.73 Å². The van der Waals surface area contributed by atoms with E-state index in [1.54, 1.807) is 35.2 Å². The van der Waals surface area contributed by atoms with E-state index < -0.39 is 0 Å². The summed E-state index contributed by atoms with van der Waals surface area (Å²) in [5.74, 6) is 0.392. The number of rotatable bonds is 7. The lowest BCUT2D eigenvalue weighted by atomic mass is 10.1. The van der Waals surface area contributed by atoms with E-state index in [9.17, 15) is 5.11 Å². The molecule has 9 heteroatoms. The Morgan fingerprint density at radius 3 is 2.74 bits per heavy atom. The smallest absolute Gasteiger partial charge is 0.162 e. The molecule has 160 valence electrons. The number of hydrogen-bond acceptors (Lipinski definition) is 8. The largest absolute Gasteiger partial charge is 0.871 e. The third kappa shape index (κ3) is 4.36. The highest BCUT2D eigenvalue weighted by Crippen LogP contribution is 2.34. The van der Waals surface area contributed by atoms with Crippen molar-refractivity contribution < 1.29 is 5.11 Å². The van der Waals surface area contributed by atoms with Gasteiger partial charge in [-0.3, -0.25) is 0 Å². The van der Waals surface area contributed by atoms with Crippen molar-refractivity contribution in [1.29, 1.82) is 0 Å². The van der Waals surface area contributed by atoms with Crippen LogP contribution in [-0.4, -0.2) is 58.7 Å². The zero-order valence-corrected chi connectivity index (χ0v) is 17.8. The van der Waals surface area contributed by atoms with Crippen LogP contribution >= 0.6 is 0 Å². The fraction of sp³-hybridized carbons (Fsp3) is 0.227. The summed E-state index contributed by atoms with van der Waals surface area (Å²) in [7, 11) is 5.94. The Balaban J connectivity index is 1.58. The number of benzene rings is 1. The number of nitrogens with zero attached hydrogens (tertiary/aromatic N) is 6. The molecule has 0 aliphatic carbocycles. The van der Waals surface area contributed by atoms with Gasteiger partial charge in [0.25, 0.3) is 0 Å². The number of hydrogen-bond donors (Lipinski definition) is 2. The van der Waals surface area contributed by atoms with Gasteiger partial charge in [0.05, 0.1) is 17.6 Å². The maximum Gasteiger partial charge on any atom is 0.162 e. The van der Waals surface area contributed by atoms with Crippen LogP contribution in [0.1, 0.15) is 0 Å². The minimum Gasteiger partial charge on any atom is -0.871 e. The van der Waals surface area contributed by atoms with E-state index in [1.165, 1.54) is 0 Å². The normalized spacial score (nSPS) is 11.2. The van der Waals surface area contributed by atoms with Gasteiger partial charge < -0.3 is 26.0 Å². The van der Waals surface area contributed by atoms with Crippen molar-refractivity contribution in [1.82, 2.24) is 24.5 Å². The number of anilines is 4. The van der Waals surface area contributed by atoms with Crippen molar-refractivity contribution in [2.45, 2.75) is 0 Å². The van der Waals surface area contributed by atoms with Crippen molar-refractivity contribution in [3.05, 3.63) is 55.1 Å². The summed E-state index contributed by atoms with van der Waals surface area (Å²) in [5.41, 5.74) is 10.4. The van der Waals surface area contributed by atoms with Crippen LogP contribution in [0.2, 0.25) is 0 Å². The molecule has 4 rings (SSSR count). The first-order valence-corrected chi connectivity index (χ1v) is 9.90. The molecule has 0 atom stereocenters. The Bertz CT molecular complexity index is 1200. The molecule has 0 bridgehead atoms. The second-order valence-corrected chi connectivity index (χ2v) is 7.63. The third-order valence-corrected chi connectivity index (χ3v) is 5.04. The van der Waals surface area contributed by atoms with Crippen LogP contribution in [-0.2, 0) is 0 Å². The third-order valence-electron chi connectivity index (χ3n) is 5.04. The van der Waals surface area contributed by atoms with Crippen molar-refractivity contribution in [2.75, 3.05) is 50.2 Å². The molecule has 0 aliphatic rings. The van der Waals surface area contributed by atoms with Gasteiger partial charge >= 0.3 is 0 Å². The molecule has 3 aromatic heterocycles. The summed E-state index contributed by atoms with van der Waals surface area (Å²) in [4.78, 5) is 12.8. The summed E-state index contributed by atoms with van der Waals surface area (Å²) in [6.07, 6.45) is 7.01. The Labute approximate surface area is 180 Å². The van der Waals surface area contributed by atoms with Gasteiger partial charge in [0, 0.05) is 50.0 Å². The van der Waals surface area contributed by atoms with Crippen LogP contribution in [0.3, 0.4) is 0 Å². The second kappa shape index (κ2) is 8.49. The average Bonchev–Trinajstić information content (AvgIpc) is 3.19. The number of likely N-dealkylation sites (N-methyl/N-ethyl adjacent to an activating group) is 2. The maximum absolute atomic E-state index is 12.7. The highest BCUT2D eigenvalue weighted by atomic mass is 16.3. The first-order valence-electron chi connectivity index (χ1n) is 9.90. The van der Waals surface area contributed by atoms with Gasteiger partial charge in [-0.1, -0.05) is 5.75 Å². The van der Waals surface area contributed by atoms with Crippen molar-refractivity contribution in [2.24, 2.45) is 0 Å². The number of pyridine rings is 1. The van der Waals surface area contributed by atoms with Crippen molar-refractivity contribution in [3.63, 3.8) is 0 Å². The van der Waals surface area contributed by atoms with Crippen LogP contribution in [0.4, 0.5) is 22.9 Å². The number of nitrogens with one attached hydrogen (secondary N) is 1. The van der Waals surface area contributed by atoms with E-state index in [1.807, 2.05) is 50.4 Å². The minimum atomic E-state index is -0.147. The lowest BCUT2D eigenvalue weighted by Crippen LogP contribution is -2.29. The molecule has 3 N–H and O–H groups in total. The van der Waals surface area contributed by atoms with Gasteiger partial charge in [-0.2, -0.15) is 5.10 Å². The first kappa shape index (κ1) is 20.4. The monoisotopic (exact) mass is 417 g/mol. The van der Waals surface area contributed by atoms with Crippen molar-refractivity contribution in [3.8, 4) is 16.9 Å². The number of aromatic nitrogens is 4. The Morgan fingerprint density at radius 1 is 1.10 bits per heavy atom. The predicted octanol–water partition coefficient (Wildman–Crippen LogP) is 2.19. The highest BCUT2D eigenvalue weighted by Gasteiger charge is 2.11. The predicted molar refractivity (Wildman–Crippen MR) is 122 cm³/mol. The molecule has 3 heterocycles. The average molecular weight is 417 g/mol. The highest BCUT2D eigenvalue weighted by molar-refractivity contribution is 5.81. The fourth-order valence-electron chi connectivity index (χ4n) is 3.32. The van der Waals surface area contributed by atoms with Gasteiger partial charge in [-0.15, -0.1) is 0 Å². The molecule has 9 nitrogen and oxygen atoms in total. The molecule has 31 heavy (non-hydrogen) atoms. The quantitative estimate of drug-likeness (QED) is 0.440. The molecule has 1 aromatic carbocycles. The van der Waals surface area contributed by atoms with Gasteiger partial charge in [0.2, 0.25) is 0 Å². The second-order valence-electron chi connectivity index (χ2n) is 7.63. The molecular formula is C22H25N8O-. The van der Waals surface area contributed by atoms with E-state index >= 15 is 0 Å². The Hall–Kier alpha value is -3.85. The van der Waals surface area contributed by atoms with Crippen LogP contribution in [0.15, 0.2) is 55.1 Å². The number of nitrogens with two attached hydrogens (primary N) is 1. The van der Waals surface area contributed by atoms with Gasteiger partial charge in [0.15, 0.2) is 5.65 Å². The molecule has 0 amide bonds. The van der Waals surface area contributed by atoms with Gasteiger partial charge in [-0.25, -0.2) is 14.5 Å². The molecule has 0 aliphatic heterocycles. The molecule has 4 aromatic rings. The Morgan fingerprint density at radius 2 is 1.94 bits per heavy atom. The lowest BCUT2D eigenvalue weighted by Gasteiger charge is -2.26. The molecule has 0 saturated heterocycles. The molecule has 0 unspecified atom stereocenters. The molecule has 0 radical (unpaired) electrons. The number of nitrogen functional groups attached to an aromatic ring is 1. The summed E-state index contributed by atoms with van der Waals surface area (Å²) in [6.45, 7) is 1.62. The van der Waals surface area contributed by atoms with Crippen molar-refractivity contribution >= 4 is 28.5 Å². The minimum absolute atomic E-state index is 0.147. The standard InChI is InChI=1S/C22H26N8O/c1-28(2)9-10-29(3)19-13-20(31)18(12-17(19)23)27-21-11-15(5-7-24-21)16-14-26-30-8-4-6-25-22(16)30/h4-8,11-14,31H,9-10,23H2,1-3H3,(H,24,27)/p-1. The SMILES string of the molecule is CN(C)CCN(C)c1cc([O-])c(Nc2cc(-c3cnn4cccnc34)ccn2)cc1N. The van der Waals surface area contributed by atoms with E-state index in [2.05, 4.69) is 25.3 Å². The first-order chi connectivity index (χ1) is 14.9. The van der Waals surface area contributed by atoms with Gasteiger partial charge in [-0.05, 0) is 50.0 Å². The Kier molecular flexibility index (Phi) is 5.59. The molecule has 0 spiro atoms.